The Kier molecular flexibility index (Phi) is 6.01. The number of hydrogen-bond donors (Lipinski definition) is 0. The Bertz CT molecular complexity index is 935. The molecule has 0 bridgehead atoms. The summed E-state index contributed by atoms with van der Waals surface area (Å²) in [6.07, 6.45) is -13.6. The molecule has 2 aromatic carbocycles. The van der Waals surface area contributed by atoms with Crippen LogP contribution in [-0.2, 0) is 5.67 Å². The minimum atomic E-state index is -6.91. The highest BCUT2D eigenvalue weighted by molar-refractivity contribution is 9.10. The summed E-state index contributed by atoms with van der Waals surface area (Å²) in [6.45, 7) is 1.04. The lowest BCUT2D eigenvalue weighted by Crippen LogP contribution is -2.60. The Morgan fingerprint density at radius 2 is 1.38 bits per heavy atom. The van der Waals surface area contributed by atoms with Crippen molar-refractivity contribution >= 4 is 27.5 Å². The summed E-state index contributed by atoms with van der Waals surface area (Å²) in [5.74, 6) is -8.21. The molecule has 0 amide bonds. The van der Waals surface area contributed by atoms with Gasteiger partial charge < -0.3 is 0 Å². The van der Waals surface area contributed by atoms with Gasteiger partial charge in [-0.15, -0.1) is 0 Å². The molecule has 0 N–H and O–H groups in total. The van der Waals surface area contributed by atoms with E-state index in [0.29, 0.717) is 12.1 Å². The summed E-state index contributed by atoms with van der Waals surface area (Å²) in [5, 5.41) is -0.279. The predicted octanol–water partition coefficient (Wildman–Crippen LogP) is 8.14. The molecule has 0 aliphatic rings. The molecule has 0 spiro atoms. The predicted molar refractivity (Wildman–Crippen MR) is 89.1 cm³/mol. The first kappa shape index (κ1) is 23.8. The molecule has 0 saturated carbocycles. The third-order valence-corrected chi connectivity index (χ3v) is 4.84. The molecule has 0 heterocycles. The molecular weight excluding hydrogens is 510 g/mol. The van der Waals surface area contributed by atoms with Crippen LogP contribution in [0.4, 0.5) is 43.9 Å². The van der Waals surface area contributed by atoms with E-state index in [1.165, 1.54) is 0 Å². The van der Waals surface area contributed by atoms with Crippen molar-refractivity contribution in [2.75, 3.05) is 0 Å². The van der Waals surface area contributed by atoms with E-state index in [1.54, 1.807) is 0 Å². The normalized spacial score (nSPS) is 15.3. The molecule has 2 aromatic rings. The van der Waals surface area contributed by atoms with Gasteiger partial charge in [0.1, 0.15) is 5.82 Å². The maximum absolute atomic E-state index is 15.1. The zero-order valence-corrected chi connectivity index (χ0v) is 16.3. The van der Waals surface area contributed by atoms with Gasteiger partial charge in [0.2, 0.25) is 0 Å². The van der Waals surface area contributed by atoms with Crippen molar-refractivity contribution in [1.82, 2.24) is 0 Å². The lowest BCUT2D eigenvalue weighted by molar-refractivity contribution is -0.389. The van der Waals surface area contributed by atoms with Gasteiger partial charge >= 0.3 is 23.9 Å². The molecule has 2 rings (SSSR count). The lowest BCUT2D eigenvalue weighted by atomic mass is 9.82. The van der Waals surface area contributed by atoms with Gasteiger partial charge in [0, 0.05) is 26.2 Å². The quantitative estimate of drug-likeness (QED) is 0.361. The Morgan fingerprint density at radius 3 is 1.86 bits per heavy atom. The van der Waals surface area contributed by atoms with Gasteiger partial charge in [0.25, 0.3) is 0 Å². The van der Waals surface area contributed by atoms with E-state index in [1.807, 2.05) is 0 Å². The Hall–Kier alpha value is -1.49. The van der Waals surface area contributed by atoms with Crippen molar-refractivity contribution < 1.29 is 43.9 Å². The highest BCUT2D eigenvalue weighted by atomic mass is 79.9. The molecule has 1 atom stereocenters. The molecule has 0 radical (unpaired) electrons. The first-order valence-corrected chi connectivity index (χ1v) is 8.58. The summed E-state index contributed by atoms with van der Waals surface area (Å²) < 4.78 is 136. The molecule has 0 saturated heterocycles. The molecule has 29 heavy (non-hydrogen) atoms. The number of alkyl halides is 9. The molecule has 0 nitrogen and oxygen atoms in total. The van der Waals surface area contributed by atoms with Crippen molar-refractivity contribution in [1.29, 1.82) is 0 Å². The second kappa shape index (κ2) is 7.33. The molecule has 0 aliphatic carbocycles. The van der Waals surface area contributed by atoms with Crippen LogP contribution in [-0.4, -0.2) is 18.3 Å². The maximum atomic E-state index is 15.1. The molecule has 160 valence electrons. The number of benzene rings is 2. The molecular formula is C17H8BrClF10. The van der Waals surface area contributed by atoms with Gasteiger partial charge in [-0.2, -0.15) is 35.1 Å². The van der Waals surface area contributed by atoms with E-state index in [9.17, 15) is 39.5 Å². The zero-order chi connectivity index (χ0) is 22.6. The van der Waals surface area contributed by atoms with Gasteiger partial charge in [-0.25, -0.2) is 8.78 Å². The van der Waals surface area contributed by atoms with Crippen LogP contribution in [0.5, 0.6) is 0 Å². The Morgan fingerprint density at radius 1 is 0.828 bits per heavy atom. The fourth-order valence-corrected chi connectivity index (χ4v) is 3.63. The van der Waals surface area contributed by atoms with Gasteiger partial charge in [-0.05, 0) is 36.8 Å². The van der Waals surface area contributed by atoms with Crippen molar-refractivity contribution in [3.8, 4) is 11.1 Å². The van der Waals surface area contributed by atoms with Crippen molar-refractivity contribution in [3.63, 3.8) is 0 Å². The molecule has 1 unspecified atom stereocenters. The van der Waals surface area contributed by atoms with Gasteiger partial charge in [0.15, 0.2) is 0 Å². The number of hydrogen-bond acceptors (Lipinski definition) is 0. The number of rotatable bonds is 3. The van der Waals surface area contributed by atoms with Crippen LogP contribution in [0, 0.1) is 12.7 Å². The lowest BCUT2D eigenvalue weighted by Gasteiger charge is -2.37. The topological polar surface area (TPSA) is 0 Å². The third-order valence-electron chi connectivity index (χ3n) is 3.98. The fourth-order valence-electron chi connectivity index (χ4n) is 2.67. The molecule has 0 fully saturated rings. The van der Waals surface area contributed by atoms with Crippen LogP contribution in [0.15, 0.2) is 34.8 Å². The Labute approximate surface area is 170 Å². The summed E-state index contributed by atoms with van der Waals surface area (Å²) in [4.78, 5) is 0. The Balaban J connectivity index is 3.07. The minimum absolute atomic E-state index is 0.160. The SMILES string of the molecule is Cc1cc(Br)c(-c2cc(Cl)ccc2F)c(C(F)(C(F)(F)F)C(F)(F)C(F)(F)F)c1. The van der Waals surface area contributed by atoms with Gasteiger partial charge in [-0.3, -0.25) is 0 Å². The van der Waals surface area contributed by atoms with E-state index < -0.39 is 50.9 Å². The summed E-state index contributed by atoms with van der Waals surface area (Å²) in [7, 11) is 0. The van der Waals surface area contributed by atoms with Crippen molar-refractivity contribution in [2.24, 2.45) is 0 Å². The van der Waals surface area contributed by atoms with Crippen LogP contribution in [0.25, 0.3) is 11.1 Å². The summed E-state index contributed by atoms with van der Waals surface area (Å²) >= 11 is 8.34. The average molecular weight is 518 g/mol. The first-order chi connectivity index (χ1) is 12.9. The monoisotopic (exact) mass is 516 g/mol. The average Bonchev–Trinajstić information content (AvgIpc) is 2.53. The minimum Gasteiger partial charge on any atom is -0.221 e. The largest absolute Gasteiger partial charge is 0.457 e. The molecule has 0 aromatic heterocycles. The second-order valence-electron chi connectivity index (χ2n) is 6.02. The maximum Gasteiger partial charge on any atom is 0.457 e. The van der Waals surface area contributed by atoms with Crippen LogP contribution in [0.1, 0.15) is 11.1 Å². The fraction of sp³-hybridized carbons (Fsp3) is 0.294. The highest BCUT2D eigenvalue weighted by Gasteiger charge is 2.82. The highest BCUT2D eigenvalue weighted by Crippen LogP contribution is 2.60. The zero-order valence-electron chi connectivity index (χ0n) is 13.9. The van der Waals surface area contributed by atoms with Gasteiger partial charge in [-0.1, -0.05) is 33.6 Å². The first-order valence-electron chi connectivity index (χ1n) is 7.41. The van der Waals surface area contributed by atoms with Crippen LogP contribution in [0.3, 0.4) is 0 Å². The number of aryl methyl sites for hydroxylation is 1. The van der Waals surface area contributed by atoms with Crippen LogP contribution in [0.2, 0.25) is 5.02 Å². The van der Waals surface area contributed by atoms with E-state index in [-0.39, 0.29) is 16.7 Å². The standard InChI is InChI=1S/C17H8BrClF10/c1-7-4-10(14(21,16(24,25)26)15(22,23)17(27,28)29)13(11(18)5-7)9-6-8(19)2-3-12(9)20/h2-6H,1H3. The van der Waals surface area contributed by atoms with E-state index in [0.717, 1.165) is 19.1 Å². The second-order valence-corrected chi connectivity index (χ2v) is 7.31. The van der Waals surface area contributed by atoms with Gasteiger partial charge in [0.05, 0.1) is 0 Å². The smallest absolute Gasteiger partial charge is 0.221 e. The van der Waals surface area contributed by atoms with Crippen LogP contribution < -0.4 is 0 Å². The molecule has 0 aliphatic heterocycles. The van der Waals surface area contributed by atoms with Crippen molar-refractivity contribution in [3.05, 3.63) is 56.8 Å². The van der Waals surface area contributed by atoms with E-state index >= 15 is 4.39 Å². The third kappa shape index (κ3) is 3.83. The van der Waals surface area contributed by atoms with E-state index in [2.05, 4.69) is 15.9 Å². The number of halogens is 12. The van der Waals surface area contributed by atoms with E-state index in [4.69, 9.17) is 11.6 Å². The summed E-state index contributed by atoms with van der Waals surface area (Å²) in [5.41, 5.74) is -10.7. The van der Waals surface area contributed by atoms with Crippen molar-refractivity contribution in [2.45, 2.75) is 30.9 Å². The molecule has 12 heteroatoms. The van der Waals surface area contributed by atoms with Crippen LogP contribution >= 0.6 is 27.5 Å². The summed E-state index contributed by atoms with van der Waals surface area (Å²) in [6, 6.07) is 3.44.